The van der Waals surface area contributed by atoms with Crippen molar-refractivity contribution in [1.29, 1.82) is 0 Å². The highest BCUT2D eigenvalue weighted by Crippen LogP contribution is 2.53. The largest absolute Gasteiger partial charge is 0.467 e. The molecule has 5 nitrogen and oxygen atoms in total. The van der Waals surface area contributed by atoms with Gasteiger partial charge < -0.3 is 9.47 Å². The molecule has 0 fully saturated rings. The van der Waals surface area contributed by atoms with Crippen molar-refractivity contribution in [1.82, 2.24) is 4.98 Å². The molecule has 0 spiro atoms. The molecule has 0 radical (unpaired) electrons. The third-order valence-corrected chi connectivity index (χ3v) is 11.1. The summed E-state index contributed by atoms with van der Waals surface area (Å²) in [6.07, 6.45) is 2.82. The summed E-state index contributed by atoms with van der Waals surface area (Å²) in [5.74, 6) is 3.46. The Kier molecular flexibility index (Phi) is 7.49. The monoisotopic (exact) mass is 661 g/mol. The second-order valence-corrected chi connectivity index (χ2v) is 16.2. The summed E-state index contributed by atoms with van der Waals surface area (Å²) < 4.78 is 13.4. The Morgan fingerprint density at radius 3 is 2.42 bits per heavy atom. The van der Waals surface area contributed by atoms with Crippen LogP contribution in [0.25, 0.3) is 0 Å². The number of aromatic nitrogens is 1. The van der Waals surface area contributed by atoms with Crippen molar-refractivity contribution < 1.29 is 9.47 Å². The smallest absolute Gasteiger partial charge is 0.217 e. The van der Waals surface area contributed by atoms with E-state index in [9.17, 15) is 0 Å². The number of fused-ring (bicyclic) bond motifs is 5. The van der Waals surface area contributed by atoms with Gasteiger partial charge in [0.05, 0.1) is 17.4 Å². The zero-order chi connectivity index (χ0) is 35.1. The number of aliphatic imine (C=N–C) groups is 1. The lowest BCUT2D eigenvalue weighted by Crippen LogP contribution is -2.31. The quantitative estimate of drug-likeness (QED) is 0.188. The maximum Gasteiger partial charge on any atom is 0.217 e. The van der Waals surface area contributed by atoms with E-state index in [0.29, 0.717) is 11.8 Å². The maximum absolute atomic E-state index is 6.78. The summed E-state index contributed by atoms with van der Waals surface area (Å²) in [5, 5.41) is 0. The lowest BCUT2D eigenvalue weighted by Gasteiger charge is -2.41. The molecule has 3 heterocycles. The van der Waals surface area contributed by atoms with E-state index >= 15 is 0 Å². The van der Waals surface area contributed by atoms with E-state index in [-0.39, 0.29) is 23.0 Å². The predicted octanol–water partition coefficient (Wildman–Crippen LogP) is 11.5. The normalized spacial score (nSPS) is 18.6. The molecule has 0 N–H and O–H groups in total. The van der Waals surface area contributed by atoms with Crippen LogP contribution in [-0.2, 0) is 22.0 Å². The van der Waals surface area contributed by atoms with E-state index in [0.717, 1.165) is 40.7 Å². The van der Waals surface area contributed by atoms with Crippen LogP contribution in [-0.4, -0.2) is 16.9 Å². The molecule has 0 amide bonds. The molecule has 1 aromatic heterocycles. The highest BCUT2D eigenvalue weighted by Gasteiger charge is 2.41. The summed E-state index contributed by atoms with van der Waals surface area (Å²) in [7, 11) is 0. The highest BCUT2D eigenvalue weighted by atomic mass is 16.5. The van der Waals surface area contributed by atoms with Gasteiger partial charge in [-0.2, -0.15) is 0 Å². The van der Waals surface area contributed by atoms with E-state index in [2.05, 4.69) is 152 Å². The molecule has 4 aromatic carbocycles. The molecule has 0 saturated carbocycles. The van der Waals surface area contributed by atoms with Crippen LogP contribution in [0.3, 0.4) is 0 Å². The summed E-state index contributed by atoms with van der Waals surface area (Å²) in [6, 6.07) is 30.5. The second kappa shape index (κ2) is 11.6. The van der Waals surface area contributed by atoms with Crippen LogP contribution >= 0.6 is 0 Å². The number of hydrogen-bond donors (Lipinski definition) is 0. The van der Waals surface area contributed by atoms with E-state index in [1.54, 1.807) is 0 Å². The van der Waals surface area contributed by atoms with Crippen LogP contribution in [0.5, 0.6) is 11.5 Å². The van der Waals surface area contributed by atoms with Crippen molar-refractivity contribution in [2.45, 2.75) is 97.6 Å². The molecule has 5 heteroatoms. The minimum atomic E-state index is -0.209. The number of anilines is 3. The minimum Gasteiger partial charge on any atom is -0.467 e. The van der Waals surface area contributed by atoms with Crippen molar-refractivity contribution in [2.75, 3.05) is 4.90 Å². The van der Waals surface area contributed by atoms with Crippen molar-refractivity contribution in [3.05, 3.63) is 141 Å². The molecular weight excluding hydrogens is 615 g/mol. The Labute approximate surface area is 297 Å². The van der Waals surface area contributed by atoms with Gasteiger partial charge in [-0.1, -0.05) is 84.9 Å². The van der Waals surface area contributed by atoms with Gasteiger partial charge in [-0.15, -0.1) is 0 Å². The molecule has 5 aromatic rings. The lowest BCUT2D eigenvalue weighted by atomic mass is 9.73. The number of para-hydroxylation sites is 1. The number of aryl methyl sites for hydroxylation is 1. The fourth-order valence-corrected chi connectivity index (χ4v) is 7.94. The first-order valence-electron chi connectivity index (χ1n) is 18.0. The van der Waals surface area contributed by atoms with Crippen LogP contribution < -0.4 is 9.64 Å². The molecule has 2 aliphatic heterocycles. The van der Waals surface area contributed by atoms with Crippen LogP contribution in [0.2, 0.25) is 0 Å². The molecule has 0 saturated heterocycles. The third kappa shape index (κ3) is 5.30. The van der Waals surface area contributed by atoms with Gasteiger partial charge in [0.15, 0.2) is 0 Å². The average molecular weight is 662 g/mol. The fourth-order valence-electron chi connectivity index (χ4n) is 7.94. The van der Waals surface area contributed by atoms with Gasteiger partial charge in [-0.05, 0) is 119 Å². The number of ether oxygens (including phenoxy) is 2. The van der Waals surface area contributed by atoms with Crippen LogP contribution in [0, 0.1) is 13.8 Å². The van der Waals surface area contributed by atoms with Gasteiger partial charge in [0.2, 0.25) is 5.90 Å². The lowest BCUT2D eigenvalue weighted by molar-refractivity contribution is 0.209. The molecule has 2 atom stereocenters. The second-order valence-electron chi connectivity index (χ2n) is 16.2. The molecule has 0 unspecified atom stereocenters. The first-order chi connectivity index (χ1) is 23.8. The Bertz CT molecular complexity index is 2190. The molecular formula is C45H47N3O2. The zero-order valence-corrected chi connectivity index (χ0v) is 30.8. The van der Waals surface area contributed by atoms with Crippen LogP contribution in [0.1, 0.15) is 111 Å². The fraction of sp³-hybridized carbons (Fsp3) is 0.333. The predicted molar refractivity (Wildman–Crippen MR) is 204 cm³/mol. The van der Waals surface area contributed by atoms with E-state index in [4.69, 9.17) is 19.5 Å². The first kappa shape index (κ1) is 32.3. The van der Waals surface area contributed by atoms with Crippen molar-refractivity contribution in [2.24, 2.45) is 4.99 Å². The van der Waals surface area contributed by atoms with Gasteiger partial charge in [-0.25, -0.2) is 9.98 Å². The molecule has 3 aliphatic rings. The molecule has 1 aliphatic carbocycles. The van der Waals surface area contributed by atoms with E-state index in [1.807, 2.05) is 6.20 Å². The maximum atomic E-state index is 6.78. The van der Waals surface area contributed by atoms with E-state index in [1.165, 1.54) is 44.5 Å². The Morgan fingerprint density at radius 1 is 0.860 bits per heavy atom. The van der Waals surface area contributed by atoms with Gasteiger partial charge in [0.25, 0.3) is 0 Å². The number of rotatable bonds is 5. The summed E-state index contributed by atoms with van der Waals surface area (Å²) in [4.78, 5) is 12.4. The van der Waals surface area contributed by atoms with Crippen molar-refractivity contribution in [3.8, 4) is 11.5 Å². The Hall–Kier alpha value is -4.90. The van der Waals surface area contributed by atoms with Gasteiger partial charge >= 0.3 is 0 Å². The average Bonchev–Trinajstić information content (AvgIpc) is 3.65. The highest BCUT2D eigenvalue weighted by molar-refractivity contribution is 5.96. The van der Waals surface area contributed by atoms with Crippen LogP contribution in [0.4, 0.5) is 17.2 Å². The number of hydrogen-bond acceptors (Lipinski definition) is 5. The molecule has 254 valence electrons. The van der Waals surface area contributed by atoms with E-state index < -0.39 is 0 Å². The first-order valence-corrected chi connectivity index (χ1v) is 18.0. The molecule has 0 bridgehead atoms. The Morgan fingerprint density at radius 2 is 1.64 bits per heavy atom. The van der Waals surface area contributed by atoms with Gasteiger partial charge in [0.1, 0.15) is 23.4 Å². The number of pyridine rings is 1. The van der Waals surface area contributed by atoms with Crippen molar-refractivity contribution >= 4 is 23.1 Å². The summed E-state index contributed by atoms with van der Waals surface area (Å²) >= 11 is 0. The molecule has 8 rings (SSSR count). The zero-order valence-electron chi connectivity index (χ0n) is 30.8. The van der Waals surface area contributed by atoms with Crippen LogP contribution in [0.15, 0.2) is 96.1 Å². The standard InChI is InChI=1S/C45H47N3O2/c1-26(2)29-20-30(43-47-38-25-35-28(4)27(3)14-16-34(35)42(38)50-43)22-33(21-29)49-32-15-17-37-40(24-32)48(39-13-11-10-12-36(39)45(37,8)9)41-23-31(18-19-46-41)44(5,6)7/h10-24,26,38,42H,25H2,1-9H3/t38-,42+/m1/s1. The summed E-state index contributed by atoms with van der Waals surface area (Å²) in [6.45, 7) is 20.2. The topological polar surface area (TPSA) is 47.0 Å². The number of benzene rings is 4. The SMILES string of the molecule is Cc1ccc2c(c1C)C[C@H]1N=C(c3cc(Oc4ccc5c(c4)N(c4cc(C(C)(C)C)ccn4)c4ccccc4C5(C)C)cc(C(C)C)c3)O[C@@H]21. The Balaban J connectivity index is 1.17. The molecule has 50 heavy (non-hydrogen) atoms. The minimum absolute atomic E-state index is 0.00740. The van der Waals surface area contributed by atoms with Crippen molar-refractivity contribution in [3.63, 3.8) is 0 Å². The summed E-state index contributed by atoms with van der Waals surface area (Å²) in [5.41, 5.74) is 13.3. The third-order valence-electron chi connectivity index (χ3n) is 11.1. The van der Waals surface area contributed by atoms with Gasteiger partial charge in [-0.3, -0.25) is 4.90 Å². The van der Waals surface area contributed by atoms with Gasteiger partial charge in [0, 0.05) is 23.2 Å². The number of nitrogens with zero attached hydrogens (tertiary/aromatic N) is 3.